The van der Waals surface area contributed by atoms with Gasteiger partial charge in [-0.15, -0.1) is 0 Å². The Balaban J connectivity index is 1.38. The van der Waals surface area contributed by atoms with Crippen LogP contribution in [0.2, 0.25) is 0 Å². The van der Waals surface area contributed by atoms with Crippen LogP contribution in [0.3, 0.4) is 0 Å². The molecule has 35 heavy (non-hydrogen) atoms. The van der Waals surface area contributed by atoms with Crippen LogP contribution in [0.5, 0.6) is 0 Å². The Morgan fingerprint density at radius 2 is 1.51 bits per heavy atom. The van der Waals surface area contributed by atoms with Crippen molar-refractivity contribution in [3.8, 4) is 0 Å². The standard InChI is InChI=1S/C24H18F3N5O2S/c25-24(26,27)18-4-2-6-20(12-18)31-22(34)17-3-1-5-19(11-17)30-21(33)16-9-7-15(8-10-16)13-35-23-28-14-29-32-23/h1-12,14H,13H2,(H,30,33)(H,31,34)(H,28,29,32). The molecule has 4 aromatic rings. The van der Waals surface area contributed by atoms with E-state index in [0.717, 1.165) is 17.7 Å². The van der Waals surface area contributed by atoms with Gasteiger partial charge in [-0.3, -0.25) is 14.7 Å². The Morgan fingerprint density at radius 1 is 0.857 bits per heavy atom. The van der Waals surface area contributed by atoms with Gasteiger partial charge < -0.3 is 10.6 Å². The highest BCUT2D eigenvalue weighted by atomic mass is 32.2. The Hall–Kier alpha value is -4.12. The zero-order chi connectivity index (χ0) is 24.8. The van der Waals surface area contributed by atoms with E-state index in [0.29, 0.717) is 22.2 Å². The molecule has 178 valence electrons. The van der Waals surface area contributed by atoms with Crippen molar-refractivity contribution in [3.05, 3.63) is 101 Å². The Bertz CT molecular complexity index is 1330. The van der Waals surface area contributed by atoms with Gasteiger partial charge in [-0.05, 0) is 54.1 Å². The lowest BCUT2D eigenvalue weighted by Crippen LogP contribution is -2.15. The Labute approximate surface area is 202 Å². The third-order valence-electron chi connectivity index (χ3n) is 4.81. The second-order valence-electron chi connectivity index (χ2n) is 7.34. The number of hydrogen-bond donors (Lipinski definition) is 3. The highest BCUT2D eigenvalue weighted by Crippen LogP contribution is 2.30. The predicted octanol–water partition coefficient (Wildman–Crippen LogP) is 5.62. The second-order valence-corrected chi connectivity index (χ2v) is 8.31. The van der Waals surface area contributed by atoms with Crippen LogP contribution in [0.25, 0.3) is 0 Å². The van der Waals surface area contributed by atoms with E-state index in [1.165, 1.54) is 42.4 Å². The third kappa shape index (κ3) is 6.48. The Morgan fingerprint density at radius 3 is 2.17 bits per heavy atom. The van der Waals surface area contributed by atoms with Crippen molar-refractivity contribution in [1.82, 2.24) is 15.2 Å². The highest BCUT2D eigenvalue weighted by molar-refractivity contribution is 7.98. The molecule has 7 nitrogen and oxygen atoms in total. The number of aromatic amines is 1. The van der Waals surface area contributed by atoms with Crippen molar-refractivity contribution in [2.75, 3.05) is 10.6 Å². The van der Waals surface area contributed by atoms with Gasteiger partial charge >= 0.3 is 6.18 Å². The molecule has 0 saturated carbocycles. The van der Waals surface area contributed by atoms with Crippen LogP contribution in [0.4, 0.5) is 24.5 Å². The summed E-state index contributed by atoms with van der Waals surface area (Å²) in [6.45, 7) is 0. The van der Waals surface area contributed by atoms with Crippen molar-refractivity contribution in [2.24, 2.45) is 0 Å². The number of carbonyl (C=O) groups excluding carboxylic acids is 2. The first kappa shape index (κ1) is 24.0. The van der Waals surface area contributed by atoms with E-state index in [1.54, 1.807) is 24.3 Å². The quantitative estimate of drug-likeness (QED) is 0.288. The van der Waals surface area contributed by atoms with E-state index in [4.69, 9.17) is 0 Å². The number of amides is 2. The number of thioether (sulfide) groups is 1. The number of benzene rings is 3. The summed E-state index contributed by atoms with van der Waals surface area (Å²) in [6, 6.07) is 17.5. The summed E-state index contributed by atoms with van der Waals surface area (Å²) >= 11 is 1.48. The summed E-state index contributed by atoms with van der Waals surface area (Å²) < 4.78 is 38.7. The molecule has 1 heterocycles. The molecule has 3 aromatic carbocycles. The lowest BCUT2D eigenvalue weighted by molar-refractivity contribution is -0.137. The van der Waals surface area contributed by atoms with E-state index in [2.05, 4.69) is 25.8 Å². The van der Waals surface area contributed by atoms with Crippen molar-refractivity contribution in [1.29, 1.82) is 0 Å². The number of halogens is 3. The van der Waals surface area contributed by atoms with Gasteiger partial charge in [0.15, 0.2) is 5.16 Å². The van der Waals surface area contributed by atoms with Crippen LogP contribution in [-0.2, 0) is 11.9 Å². The number of rotatable bonds is 7. The molecule has 0 aliphatic rings. The van der Waals surface area contributed by atoms with Crippen LogP contribution in [0, 0.1) is 0 Å². The molecule has 0 radical (unpaired) electrons. The van der Waals surface area contributed by atoms with Gasteiger partial charge in [0.25, 0.3) is 11.8 Å². The Kier molecular flexibility index (Phi) is 7.16. The SMILES string of the molecule is O=C(Nc1cccc(C(=O)Nc2cccc(C(F)(F)F)c2)c1)c1ccc(CSc2ncn[nH]2)cc1. The summed E-state index contributed by atoms with van der Waals surface area (Å²) in [5.74, 6) is -0.316. The molecule has 11 heteroatoms. The van der Waals surface area contributed by atoms with Crippen molar-refractivity contribution in [3.63, 3.8) is 0 Å². The lowest BCUT2D eigenvalue weighted by atomic mass is 10.1. The van der Waals surface area contributed by atoms with Crippen LogP contribution >= 0.6 is 11.8 Å². The number of H-pyrrole nitrogens is 1. The molecule has 0 atom stereocenters. The molecule has 0 spiro atoms. The molecule has 0 saturated heterocycles. The fraction of sp³-hybridized carbons (Fsp3) is 0.0833. The molecular formula is C24H18F3N5O2S. The minimum Gasteiger partial charge on any atom is -0.322 e. The first-order chi connectivity index (χ1) is 16.8. The van der Waals surface area contributed by atoms with E-state index >= 15 is 0 Å². The average Bonchev–Trinajstić information content (AvgIpc) is 3.37. The van der Waals surface area contributed by atoms with Crippen LogP contribution in [-0.4, -0.2) is 27.0 Å². The number of nitrogens with zero attached hydrogens (tertiary/aromatic N) is 2. The molecule has 0 bridgehead atoms. The smallest absolute Gasteiger partial charge is 0.322 e. The minimum absolute atomic E-state index is 0.0147. The van der Waals surface area contributed by atoms with Crippen molar-refractivity contribution in [2.45, 2.75) is 17.1 Å². The third-order valence-corrected chi connectivity index (χ3v) is 5.76. The van der Waals surface area contributed by atoms with E-state index in [1.807, 2.05) is 12.1 Å². The first-order valence-corrected chi connectivity index (χ1v) is 11.2. The van der Waals surface area contributed by atoms with Gasteiger partial charge in [0.05, 0.1) is 5.56 Å². The van der Waals surface area contributed by atoms with Gasteiger partial charge in [-0.25, -0.2) is 4.98 Å². The van der Waals surface area contributed by atoms with Gasteiger partial charge in [0, 0.05) is 28.3 Å². The van der Waals surface area contributed by atoms with E-state index in [9.17, 15) is 22.8 Å². The largest absolute Gasteiger partial charge is 0.416 e. The number of aromatic nitrogens is 3. The highest BCUT2D eigenvalue weighted by Gasteiger charge is 2.30. The summed E-state index contributed by atoms with van der Waals surface area (Å²) in [4.78, 5) is 29.2. The maximum absolute atomic E-state index is 12.9. The van der Waals surface area contributed by atoms with Gasteiger partial charge in [-0.1, -0.05) is 36.0 Å². The van der Waals surface area contributed by atoms with Gasteiger partial charge in [0.1, 0.15) is 6.33 Å². The summed E-state index contributed by atoms with van der Waals surface area (Å²) in [7, 11) is 0. The van der Waals surface area contributed by atoms with Crippen LogP contribution in [0.1, 0.15) is 31.8 Å². The van der Waals surface area contributed by atoms with Crippen molar-refractivity contribution < 1.29 is 22.8 Å². The molecule has 3 N–H and O–H groups in total. The maximum Gasteiger partial charge on any atom is 0.416 e. The first-order valence-electron chi connectivity index (χ1n) is 10.2. The van der Waals surface area contributed by atoms with Crippen LogP contribution < -0.4 is 10.6 Å². The normalized spacial score (nSPS) is 11.2. The predicted molar refractivity (Wildman–Crippen MR) is 126 cm³/mol. The molecule has 4 rings (SSSR count). The monoisotopic (exact) mass is 497 g/mol. The number of nitrogens with one attached hydrogen (secondary N) is 3. The average molecular weight is 498 g/mol. The molecule has 0 unspecified atom stereocenters. The molecule has 0 aliphatic carbocycles. The fourth-order valence-electron chi connectivity index (χ4n) is 3.09. The number of alkyl halides is 3. The summed E-state index contributed by atoms with van der Waals surface area (Å²) in [5, 5.41) is 12.4. The molecule has 1 aromatic heterocycles. The van der Waals surface area contributed by atoms with Crippen LogP contribution in [0.15, 0.2) is 84.3 Å². The zero-order valence-electron chi connectivity index (χ0n) is 18.0. The fourth-order valence-corrected chi connectivity index (χ4v) is 3.82. The molecule has 0 fully saturated rings. The maximum atomic E-state index is 12.9. The summed E-state index contributed by atoms with van der Waals surface area (Å²) in [6.07, 6.45) is -3.08. The molecular weight excluding hydrogens is 479 g/mol. The van der Waals surface area contributed by atoms with E-state index < -0.39 is 17.6 Å². The zero-order valence-corrected chi connectivity index (χ0v) is 18.8. The minimum atomic E-state index is -4.52. The second kappa shape index (κ2) is 10.4. The number of anilines is 2. The van der Waals surface area contributed by atoms with E-state index in [-0.39, 0.29) is 17.2 Å². The molecule has 0 aliphatic heterocycles. The summed E-state index contributed by atoms with van der Waals surface area (Å²) in [5.41, 5.74) is 1.13. The lowest BCUT2D eigenvalue weighted by Gasteiger charge is -2.11. The molecule has 2 amide bonds. The van der Waals surface area contributed by atoms with Gasteiger partial charge in [-0.2, -0.15) is 18.3 Å². The number of hydrogen-bond acceptors (Lipinski definition) is 5. The van der Waals surface area contributed by atoms with Crippen molar-refractivity contribution >= 4 is 35.0 Å². The topological polar surface area (TPSA) is 99.8 Å². The van der Waals surface area contributed by atoms with Gasteiger partial charge in [0.2, 0.25) is 0 Å². The number of carbonyl (C=O) groups is 2.